The minimum Gasteiger partial charge on any atom is -0.340 e. The number of hydrogen-bond donors (Lipinski definition) is 0. The second kappa shape index (κ2) is 7.85. The second-order valence-electron chi connectivity index (χ2n) is 8.48. The van der Waals surface area contributed by atoms with E-state index in [4.69, 9.17) is 4.98 Å². The van der Waals surface area contributed by atoms with E-state index in [9.17, 15) is 12.8 Å². The number of fused-ring (bicyclic) bond motifs is 3. The van der Waals surface area contributed by atoms with Crippen molar-refractivity contribution >= 4 is 26.5 Å². The Bertz CT molecular complexity index is 1010. The number of rotatable bonds is 5. The third-order valence-electron chi connectivity index (χ3n) is 6.57. The lowest BCUT2D eigenvalue weighted by molar-refractivity contribution is 0.230. The van der Waals surface area contributed by atoms with Crippen molar-refractivity contribution in [3.63, 3.8) is 0 Å². The molecule has 1 aromatic carbocycles. The van der Waals surface area contributed by atoms with Gasteiger partial charge in [0.1, 0.15) is 5.82 Å². The first-order valence-corrected chi connectivity index (χ1v) is 13.1. The van der Waals surface area contributed by atoms with Crippen molar-refractivity contribution in [2.75, 3.05) is 31.1 Å². The molecule has 0 radical (unpaired) electrons. The van der Waals surface area contributed by atoms with Crippen LogP contribution in [0.5, 0.6) is 0 Å². The summed E-state index contributed by atoms with van der Waals surface area (Å²) in [6.45, 7) is 6.34. The van der Waals surface area contributed by atoms with Gasteiger partial charge < -0.3 is 4.90 Å². The van der Waals surface area contributed by atoms with Crippen LogP contribution in [-0.2, 0) is 28.7 Å². The summed E-state index contributed by atoms with van der Waals surface area (Å²) in [6.07, 6.45) is 3.08. The van der Waals surface area contributed by atoms with Crippen LogP contribution in [-0.4, -0.2) is 60.9 Å². The van der Waals surface area contributed by atoms with Crippen LogP contribution in [0.15, 0.2) is 24.3 Å². The molecule has 2 aromatic rings. The smallest absolute Gasteiger partial charge is 0.218 e. The lowest BCUT2D eigenvalue weighted by atomic mass is 10.2. The number of halogens is 1. The van der Waals surface area contributed by atoms with Gasteiger partial charge >= 0.3 is 0 Å². The largest absolute Gasteiger partial charge is 0.340 e. The molecule has 2 atom stereocenters. The average Bonchev–Trinajstić information content (AvgIpc) is 3.26. The number of anilines is 1. The van der Waals surface area contributed by atoms with Gasteiger partial charge in [-0.1, -0.05) is 19.1 Å². The number of likely N-dealkylation sites (tertiary alicyclic amines) is 1. The number of hydrogen-bond acceptors (Lipinski definition) is 6. The van der Waals surface area contributed by atoms with Gasteiger partial charge in [-0.25, -0.2) is 17.8 Å². The molecule has 0 amide bonds. The number of likely N-dealkylation sites (N-methyl/N-ethyl adjacent to an activating group) is 1. The Morgan fingerprint density at radius 3 is 2.53 bits per heavy atom. The molecule has 0 saturated carbocycles. The maximum absolute atomic E-state index is 13.1. The predicted molar refractivity (Wildman–Crippen MR) is 117 cm³/mol. The molecule has 9 heteroatoms. The summed E-state index contributed by atoms with van der Waals surface area (Å²) in [5.41, 5.74) is 1.66. The Kier molecular flexibility index (Phi) is 5.33. The SMILES string of the molecule is CCN1CC2CCC(C1)N2c1nc2c(s1)CN(S(=O)(=O)Cc1ccc(F)cc1)CC2. The summed E-state index contributed by atoms with van der Waals surface area (Å²) >= 11 is 1.67. The number of nitrogens with zero attached hydrogens (tertiary/aromatic N) is 4. The van der Waals surface area contributed by atoms with Gasteiger partial charge in [0.25, 0.3) is 0 Å². The van der Waals surface area contributed by atoms with E-state index in [0.29, 0.717) is 37.2 Å². The highest BCUT2D eigenvalue weighted by Crippen LogP contribution is 2.39. The van der Waals surface area contributed by atoms with Gasteiger partial charge in [0, 0.05) is 49.6 Å². The van der Waals surface area contributed by atoms with Gasteiger partial charge in [-0.3, -0.25) is 4.90 Å². The van der Waals surface area contributed by atoms with E-state index in [1.165, 1.54) is 25.0 Å². The van der Waals surface area contributed by atoms with Crippen molar-refractivity contribution < 1.29 is 12.8 Å². The van der Waals surface area contributed by atoms with Crippen LogP contribution in [0.3, 0.4) is 0 Å². The average molecular weight is 451 g/mol. The van der Waals surface area contributed by atoms with Gasteiger partial charge in [0.2, 0.25) is 10.0 Å². The number of sulfonamides is 1. The Morgan fingerprint density at radius 1 is 1.17 bits per heavy atom. The Balaban J connectivity index is 1.32. The van der Waals surface area contributed by atoms with Gasteiger partial charge in [-0.2, -0.15) is 4.31 Å². The van der Waals surface area contributed by atoms with Crippen LogP contribution < -0.4 is 4.90 Å². The first kappa shape index (κ1) is 20.4. The molecular weight excluding hydrogens is 423 g/mol. The predicted octanol–water partition coefficient (Wildman–Crippen LogP) is 2.84. The minimum atomic E-state index is -3.46. The summed E-state index contributed by atoms with van der Waals surface area (Å²) in [5.74, 6) is -0.457. The quantitative estimate of drug-likeness (QED) is 0.701. The second-order valence-corrected chi connectivity index (χ2v) is 11.5. The zero-order valence-electron chi connectivity index (χ0n) is 17.1. The van der Waals surface area contributed by atoms with Gasteiger partial charge in [-0.15, -0.1) is 11.3 Å². The first-order valence-electron chi connectivity index (χ1n) is 10.6. The number of thiazole rings is 1. The zero-order valence-corrected chi connectivity index (χ0v) is 18.8. The van der Waals surface area contributed by atoms with E-state index in [1.807, 2.05) is 0 Å². The van der Waals surface area contributed by atoms with E-state index in [2.05, 4.69) is 16.7 Å². The fraction of sp³-hybridized carbons (Fsp3) is 0.571. The highest BCUT2D eigenvalue weighted by Gasteiger charge is 2.41. The maximum atomic E-state index is 13.1. The molecule has 1 aromatic heterocycles. The lowest BCUT2D eigenvalue weighted by Crippen LogP contribution is -2.53. The van der Waals surface area contributed by atoms with Crippen LogP contribution in [0.4, 0.5) is 9.52 Å². The van der Waals surface area contributed by atoms with Crippen molar-refractivity contribution in [2.24, 2.45) is 0 Å². The van der Waals surface area contributed by atoms with Crippen molar-refractivity contribution in [3.05, 3.63) is 46.2 Å². The standard InChI is InChI=1S/C21H27FN4O2S2/c1-2-24-11-17-7-8-18(12-24)26(17)21-23-19-9-10-25(13-20(19)29-21)30(27,28)14-15-3-5-16(22)6-4-15/h3-6,17-18H,2,7-14H2,1H3. The zero-order chi connectivity index (χ0) is 20.9. The molecule has 3 aliphatic rings. The van der Waals surface area contributed by atoms with Gasteiger partial charge in [-0.05, 0) is 37.1 Å². The number of aromatic nitrogens is 1. The van der Waals surface area contributed by atoms with E-state index in [1.54, 1.807) is 27.8 Å². The summed E-state index contributed by atoms with van der Waals surface area (Å²) in [6, 6.07) is 6.74. The van der Waals surface area contributed by atoms with E-state index in [-0.39, 0.29) is 11.6 Å². The Hall–Kier alpha value is -1.55. The molecular formula is C21H27FN4O2S2. The van der Waals surface area contributed by atoms with Gasteiger partial charge in [0.05, 0.1) is 11.4 Å². The van der Waals surface area contributed by atoms with Crippen LogP contribution in [0, 0.1) is 5.82 Å². The molecule has 2 unspecified atom stereocenters. The topological polar surface area (TPSA) is 56.8 Å². The fourth-order valence-electron chi connectivity index (χ4n) is 4.95. The third-order valence-corrected chi connectivity index (χ3v) is 9.46. The van der Waals surface area contributed by atoms with Crippen molar-refractivity contribution in [1.82, 2.24) is 14.2 Å². The van der Waals surface area contributed by atoms with E-state index < -0.39 is 10.0 Å². The highest BCUT2D eigenvalue weighted by molar-refractivity contribution is 7.88. The number of piperazine rings is 1. The maximum Gasteiger partial charge on any atom is 0.218 e. The molecule has 2 fully saturated rings. The molecule has 0 spiro atoms. The molecule has 5 rings (SSSR count). The minimum absolute atomic E-state index is 0.0998. The Labute approximate surface area is 181 Å². The van der Waals surface area contributed by atoms with E-state index >= 15 is 0 Å². The molecule has 4 heterocycles. The van der Waals surface area contributed by atoms with Crippen molar-refractivity contribution in [3.8, 4) is 0 Å². The monoisotopic (exact) mass is 450 g/mol. The van der Waals surface area contributed by atoms with Crippen molar-refractivity contribution in [2.45, 2.75) is 50.6 Å². The molecule has 0 N–H and O–H groups in total. The first-order chi connectivity index (χ1) is 14.4. The summed E-state index contributed by atoms with van der Waals surface area (Å²) in [7, 11) is -3.46. The van der Waals surface area contributed by atoms with Crippen LogP contribution >= 0.6 is 11.3 Å². The molecule has 0 aliphatic carbocycles. The van der Waals surface area contributed by atoms with Crippen molar-refractivity contribution in [1.29, 1.82) is 0 Å². The fourth-order valence-corrected chi connectivity index (χ4v) is 7.79. The summed E-state index contributed by atoms with van der Waals surface area (Å²) in [4.78, 5) is 11.0. The summed E-state index contributed by atoms with van der Waals surface area (Å²) in [5, 5.41) is 1.07. The normalized spacial score (nSPS) is 24.9. The molecule has 30 heavy (non-hydrogen) atoms. The van der Waals surface area contributed by atoms with Crippen LogP contribution in [0.2, 0.25) is 0 Å². The van der Waals surface area contributed by atoms with Gasteiger partial charge in [0.15, 0.2) is 5.13 Å². The third kappa shape index (κ3) is 3.77. The molecule has 3 aliphatic heterocycles. The Morgan fingerprint density at radius 2 is 1.87 bits per heavy atom. The van der Waals surface area contributed by atoms with Crippen LogP contribution in [0.1, 0.15) is 35.9 Å². The molecule has 2 bridgehead atoms. The lowest BCUT2D eigenvalue weighted by Gasteiger charge is -2.40. The molecule has 162 valence electrons. The van der Waals surface area contributed by atoms with E-state index in [0.717, 1.165) is 35.3 Å². The molecule has 2 saturated heterocycles. The summed E-state index contributed by atoms with van der Waals surface area (Å²) < 4.78 is 40.6. The molecule has 6 nitrogen and oxygen atoms in total. The van der Waals surface area contributed by atoms with Crippen LogP contribution in [0.25, 0.3) is 0 Å². The highest BCUT2D eigenvalue weighted by atomic mass is 32.2. The number of benzene rings is 1.